The van der Waals surface area contributed by atoms with E-state index in [1.807, 2.05) is 24.3 Å². The van der Waals surface area contributed by atoms with Gasteiger partial charge in [-0.1, -0.05) is 12.1 Å². The first kappa shape index (κ1) is 14.0. The summed E-state index contributed by atoms with van der Waals surface area (Å²) in [6.45, 7) is 2.17. The van der Waals surface area contributed by atoms with Crippen molar-refractivity contribution in [3.05, 3.63) is 29.8 Å². The summed E-state index contributed by atoms with van der Waals surface area (Å²) >= 11 is 0. The van der Waals surface area contributed by atoms with Crippen LogP contribution in [0, 0.1) is 5.92 Å². The standard InChI is InChI=1S/C15H22N2O2/c18-8-2-4-12-3-1-5-14(9-12)17-15(19)10-13-6-7-16-11-13/h1,3,5,9,13,16,18H,2,4,6-8,10-11H2,(H,17,19). The Morgan fingerprint density at radius 2 is 2.37 bits per heavy atom. The number of hydrogen-bond acceptors (Lipinski definition) is 3. The van der Waals surface area contributed by atoms with Crippen molar-refractivity contribution in [3.8, 4) is 0 Å². The topological polar surface area (TPSA) is 61.4 Å². The second-order valence-electron chi connectivity index (χ2n) is 5.14. The number of hydrogen-bond donors (Lipinski definition) is 3. The van der Waals surface area contributed by atoms with E-state index in [1.54, 1.807) is 0 Å². The van der Waals surface area contributed by atoms with Crippen LogP contribution in [0.5, 0.6) is 0 Å². The predicted octanol–water partition coefficient (Wildman–Crippen LogP) is 1.55. The van der Waals surface area contributed by atoms with Crippen molar-refractivity contribution in [2.24, 2.45) is 5.92 Å². The number of anilines is 1. The van der Waals surface area contributed by atoms with Crippen LogP contribution in [0.2, 0.25) is 0 Å². The van der Waals surface area contributed by atoms with Gasteiger partial charge in [0.05, 0.1) is 0 Å². The normalized spacial score (nSPS) is 18.5. The Balaban J connectivity index is 1.85. The second-order valence-corrected chi connectivity index (χ2v) is 5.14. The minimum Gasteiger partial charge on any atom is -0.396 e. The van der Waals surface area contributed by atoms with E-state index < -0.39 is 0 Å². The number of nitrogens with one attached hydrogen (secondary N) is 2. The third kappa shape index (κ3) is 4.65. The maximum atomic E-state index is 11.9. The van der Waals surface area contributed by atoms with Crippen molar-refractivity contribution < 1.29 is 9.90 Å². The number of aryl methyl sites for hydroxylation is 1. The van der Waals surface area contributed by atoms with Gasteiger partial charge < -0.3 is 15.7 Å². The van der Waals surface area contributed by atoms with Gasteiger partial charge in [0, 0.05) is 18.7 Å². The van der Waals surface area contributed by atoms with Crippen LogP contribution in [0.1, 0.15) is 24.8 Å². The molecule has 1 aliphatic rings. The average Bonchev–Trinajstić information content (AvgIpc) is 2.89. The Bertz CT molecular complexity index is 414. The van der Waals surface area contributed by atoms with E-state index in [4.69, 9.17) is 5.11 Å². The molecule has 1 aromatic carbocycles. The molecule has 4 nitrogen and oxygen atoms in total. The summed E-state index contributed by atoms with van der Waals surface area (Å²) in [7, 11) is 0. The van der Waals surface area contributed by atoms with Crippen molar-refractivity contribution in [2.75, 3.05) is 25.0 Å². The molecule has 0 spiro atoms. The molecule has 3 N–H and O–H groups in total. The minimum absolute atomic E-state index is 0.0907. The van der Waals surface area contributed by atoms with E-state index in [1.165, 1.54) is 0 Å². The lowest BCUT2D eigenvalue weighted by atomic mass is 10.0. The highest BCUT2D eigenvalue weighted by molar-refractivity contribution is 5.90. The van der Waals surface area contributed by atoms with Crippen molar-refractivity contribution in [1.29, 1.82) is 0 Å². The molecule has 0 radical (unpaired) electrons. The summed E-state index contributed by atoms with van der Waals surface area (Å²) in [5.41, 5.74) is 2.00. The largest absolute Gasteiger partial charge is 0.396 e. The van der Waals surface area contributed by atoms with Gasteiger partial charge in [0.25, 0.3) is 0 Å². The fourth-order valence-electron chi connectivity index (χ4n) is 2.45. The molecule has 1 unspecified atom stereocenters. The quantitative estimate of drug-likeness (QED) is 0.729. The molecule has 1 fully saturated rings. The highest BCUT2D eigenvalue weighted by Gasteiger charge is 2.17. The maximum absolute atomic E-state index is 11.9. The second kappa shape index (κ2) is 7.26. The fourth-order valence-corrected chi connectivity index (χ4v) is 2.45. The smallest absolute Gasteiger partial charge is 0.224 e. The first-order chi connectivity index (χ1) is 9.28. The predicted molar refractivity (Wildman–Crippen MR) is 76.1 cm³/mol. The molecule has 0 aromatic heterocycles. The van der Waals surface area contributed by atoms with Crippen molar-refractivity contribution in [3.63, 3.8) is 0 Å². The molecule has 1 saturated heterocycles. The summed E-state index contributed by atoms with van der Waals surface area (Å²) in [5, 5.41) is 15.1. The zero-order valence-corrected chi connectivity index (χ0v) is 11.2. The lowest BCUT2D eigenvalue weighted by Crippen LogP contribution is -2.18. The monoisotopic (exact) mass is 262 g/mol. The lowest BCUT2D eigenvalue weighted by molar-refractivity contribution is -0.116. The minimum atomic E-state index is 0.0907. The molecule has 1 amide bonds. The molecule has 0 bridgehead atoms. The Hall–Kier alpha value is -1.39. The average molecular weight is 262 g/mol. The summed E-state index contributed by atoms with van der Waals surface area (Å²) in [4.78, 5) is 11.9. The van der Waals surface area contributed by atoms with Gasteiger partial charge in [-0.25, -0.2) is 0 Å². The summed E-state index contributed by atoms with van der Waals surface area (Å²) in [5.74, 6) is 0.561. The Morgan fingerprint density at radius 1 is 1.47 bits per heavy atom. The number of carbonyl (C=O) groups excluding carboxylic acids is 1. The SMILES string of the molecule is O=C(CC1CCNC1)Nc1cccc(CCCO)c1. The fraction of sp³-hybridized carbons (Fsp3) is 0.533. The number of benzene rings is 1. The van der Waals surface area contributed by atoms with Crippen LogP contribution in [-0.4, -0.2) is 30.7 Å². The summed E-state index contributed by atoms with van der Waals surface area (Å²) < 4.78 is 0. The summed E-state index contributed by atoms with van der Waals surface area (Å²) in [6, 6.07) is 7.86. The van der Waals surface area contributed by atoms with E-state index in [0.29, 0.717) is 12.3 Å². The molecule has 19 heavy (non-hydrogen) atoms. The molecule has 4 heteroatoms. The zero-order valence-electron chi connectivity index (χ0n) is 11.2. The molecule has 1 atom stereocenters. The van der Waals surface area contributed by atoms with Gasteiger partial charge in [0.15, 0.2) is 0 Å². The van der Waals surface area contributed by atoms with E-state index in [9.17, 15) is 4.79 Å². The van der Waals surface area contributed by atoms with Gasteiger partial charge in [-0.2, -0.15) is 0 Å². The molecule has 1 aliphatic heterocycles. The van der Waals surface area contributed by atoms with Gasteiger partial charge >= 0.3 is 0 Å². The van der Waals surface area contributed by atoms with E-state index in [2.05, 4.69) is 10.6 Å². The van der Waals surface area contributed by atoms with Crippen molar-refractivity contribution in [2.45, 2.75) is 25.7 Å². The van der Waals surface area contributed by atoms with Gasteiger partial charge in [-0.3, -0.25) is 4.79 Å². The number of carbonyl (C=O) groups is 1. The van der Waals surface area contributed by atoms with Gasteiger partial charge in [-0.05, 0) is 56.0 Å². The van der Waals surface area contributed by atoms with Crippen molar-refractivity contribution >= 4 is 11.6 Å². The Morgan fingerprint density at radius 3 is 3.11 bits per heavy atom. The number of aliphatic hydroxyl groups is 1. The van der Waals surface area contributed by atoms with Crippen LogP contribution in [0.4, 0.5) is 5.69 Å². The van der Waals surface area contributed by atoms with E-state index in [-0.39, 0.29) is 12.5 Å². The molecule has 1 aromatic rings. The molecule has 1 heterocycles. The third-order valence-electron chi connectivity index (χ3n) is 3.47. The molecular weight excluding hydrogens is 240 g/mol. The Labute approximate surface area is 114 Å². The first-order valence-electron chi connectivity index (χ1n) is 6.98. The number of amides is 1. The maximum Gasteiger partial charge on any atom is 0.224 e. The van der Waals surface area contributed by atoms with Crippen LogP contribution in [0.3, 0.4) is 0 Å². The summed E-state index contributed by atoms with van der Waals surface area (Å²) in [6.07, 6.45) is 3.27. The lowest BCUT2D eigenvalue weighted by Gasteiger charge is -2.10. The molecule has 2 rings (SSSR count). The van der Waals surface area contributed by atoms with Crippen LogP contribution >= 0.6 is 0 Å². The highest BCUT2D eigenvalue weighted by Crippen LogP contribution is 2.16. The first-order valence-corrected chi connectivity index (χ1v) is 6.98. The van der Waals surface area contributed by atoms with Crippen LogP contribution in [0.15, 0.2) is 24.3 Å². The highest BCUT2D eigenvalue weighted by atomic mass is 16.2. The molecular formula is C15H22N2O2. The molecule has 0 aliphatic carbocycles. The van der Waals surface area contributed by atoms with Gasteiger partial charge in [-0.15, -0.1) is 0 Å². The van der Waals surface area contributed by atoms with Crippen LogP contribution in [0.25, 0.3) is 0 Å². The molecule has 0 saturated carbocycles. The zero-order chi connectivity index (χ0) is 13.5. The number of aliphatic hydroxyl groups excluding tert-OH is 1. The Kier molecular flexibility index (Phi) is 5.36. The van der Waals surface area contributed by atoms with Crippen LogP contribution < -0.4 is 10.6 Å². The van der Waals surface area contributed by atoms with Crippen LogP contribution in [-0.2, 0) is 11.2 Å². The van der Waals surface area contributed by atoms with E-state index >= 15 is 0 Å². The van der Waals surface area contributed by atoms with Gasteiger partial charge in [0.2, 0.25) is 5.91 Å². The van der Waals surface area contributed by atoms with Gasteiger partial charge in [0.1, 0.15) is 0 Å². The third-order valence-corrected chi connectivity index (χ3v) is 3.47. The number of rotatable bonds is 6. The molecule has 104 valence electrons. The van der Waals surface area contributed by atoms with E-state index in [0.717, 1.165) is 43.6 Å². The van der Waals surface area contributed by atoms with Crippen molar-refractivity contribution in [1.82, 2.24) is 5.32 Å².